The first kappa shape index (κ1) is 25.3. The molecule has 2 amide bonds. The zero-order chi connectivity index (χ0) is 26.0. The number of pyridine rings is 1. The van der Waals surface area contributed by atoms with Gasteiger partial charge in [0.1, 0.15) is 11.2 Å². The van der Waals surface area contributed by atoms with Crippen LogP contribution in [0.5, 0.6) is 17.4 Å². The first-order valence-corrected chi connectivity index (χ1v) is 11.6. The van der Waals surface area contributed by atoms with Gasteiger partial charge in [0, 0.05) is 25.5 Å². The number of rotatable bonds is 9. The molecule has 4 rings (SSSR count). The Morgan fingerprint density at radius 2 is 1.94 bits per heavy atom. The van der Waals surface area contributed by atoms with Gasteiger partial charge in [-0.1, -0.05) is 12.1 Å². The third kappa shape index (κ3) is 5.55. The number of primary amides is 1. The minimum absolute atomic E-state index is 0.0667. The van der Waals surface area contributed by atoms with Crippen molar-refractivity contribution in [1.29, 1.82) is 0 Å². The molecule has 1 aromatic heterocycles. The van der Waals surface area contributed by atoms with E-state index in [1.54, 1.807) is 19.1 Å². The van der Waals surface area contributed by atoms with E-state index >= 15 is 0 Å². The minimum atomic E-state index is -3.00. The Morgan fingerprint density at radius 3 is 2.58 bits per heavy atom. The number of ether oxygens (including phenoxy) is 3. The summed E-state index contributed by atoms with van der Waals surface area (Å²) in [4.78, 5) is 42.5. The molecule has 2 heterocycles. The van der Waals surface area contributed by atoms with E-state index in [4.69, 9.17) is 15.2 Å². The van der Waals surface area contributed by atoms with Gasteiger partial charge in [0.15, 0.2) is 11.5 Å². The van der Waals surface area contributed by atoms with Crippen LogP contribution in [0.1, 0.15) is 55.1 Å². The molecule has 2 aromatic rings. The molecule has 1 saturated heterocycles. The number of amides is 2. The Morgan fingerprint density at radius 1 is 1.19 bits per heavy atom. The van der Waals surface area contributed by atoms with E-state index in [9.17, 15) is 23.2 Å². The monoisotopic (exact) mass is 503 g/mol. The van der Waals surface area contributed by atoms with Crippen molar-refractivity contribution in [2.45, 2.75) is 51.2 Å². The van der Waals surface area contributed by atoms with Crippen molar-refractivity contribution in [3.8, 4) is 17.4 Å². The fourth-order valence-corrected chi connectivity index (χ4v) is 4.36. The standard InChI is InChI=1S/C25H27F2N3O6/c1-14(31)30-12-17(11-25(30,2)23(33)36-21-5-3-4-18(29-21)22(28)32)16-8-9-19(35-24(26)27)20(10-16)34-13-15-6-7-15/h3-5,8-10,15,17,24H,6-7,11-13H2,1-2H3,(H2,28,32)/t17?,25-/m1/s1. The second-order valence-corrected chi connectivity index (χ2v) is 9.26. The van der Waals surface area contributed by atoms with Gasteiger partial charge in [-0.05, 0) is 55.9 Å². The van der Waals surface area contributed by atoms with Crippen molar-refractivity contribution >= 4 is 17.8 Å². The lowest BCUT2D eigenvalue weighted by Crippen LogP contribution is -2.52. The number of esters is 1. The Bertz CT molecular complexity index is 1170. The van der Waals surface area contributed by atoms with Crippen LogP contribution in [0.15, 0.2) is 36.4 Å². The molecule has 36 heavy (non-hydrogen) atoms. The van der Waals surface area contributed by atoms with Crippen LogP contribution in [0.4, 0.5) is 8.78 Å². The summed E-state index contributed by atoms with van der Waals surface area (Å²) in [6.07, 6.45) is 2.26. The fraction of sp³-hybridized carbons (Fsp3) is 0.440. The third-order valence-electron chi connectivity index (χ3n) is 6.46. The summed E-state index contributed by atoms with van der Waals surface area (Å²) in [5.74, 6) is -1.74. The van der Waals surface area contributed by atoms with E-state index in [0.29, 0.717) is 18.1 Å². The van der Waals surface area contributed by atoms with E-state index in [0.717, 1.165) is 12.8 Å². The van der Waals surface area contributed by atoms with Gasteiger partial charge in [-0.2, -0.15) is 8.78 Å². The van der Waals surface area contributed by atoms with E-state index in [-0.39, 0.29) is 47.9 Å². The highest BCUT2D eigenvalue weighted by atomic mass is 19.3. The number of alkyl halides is 2. The number of hydrogen-bond acceptors (Lipinski definition) is 7. The Hall–Kier alpha value is -3.76. The van der Waals surface area contributed by atoms with Gasteiger partial charge >= 0.3 is 12.6 Å². The zero-order valence-electron chi connectivity index (χ0n) is 19.9. The average molecular weight is 504 g/mol. The van der Waals surface area contributed by atoms with Crippen molar-refractivity contribution in [1.82, 2.24) is 9.88 Å². The predicted molar refractivity (Wildman–Crippen MR) is 123 cm³/mol. The number of aromatic nitrogens is 1. The molecule has 2 atom stereocenters. The van der Waals surface area contributed by atoms with Crippen LogP contribution in [-0.2, 0) is 9.59 Å². The number of nitrogens with two attached hydrogens (primary N) is 1. The molecule has 0 spiro atoms. The van der Waals surface area contributed by atoms with E-state index in [1.807, 2.05) is 0 Å². The number of benzene rings is 1. The zero-order valence-corrected chi connectivity index (χ0v) is 19.9. The Kier molecular flexibility index (Phi) is 7.09. The van der Waals surface area contributed by atoms with Gasteiger partial charge in [0.2, 0.25) is 11.8 Å². The molecule has 0 bridgehead atoms. The van der Waals surface area contributed by atoms with Gasteiger partial charge in [-0.15, -0.1) is 0 Å². The summed E-state index contributed by atoms with van der Waals surface area (Å²) in [5.41, 5.74) is 4.54. The minimum Gasteiger partial charge on any atom is -0.489 e. The molecule has 1 aliphatic heterocycles. The maximum atomic E-state index is 13.2. The lowest BCUT2D eigenvalue weighted by atomic mass is 9.89. The molecule has 0 radical (unpaired) electrons. The number of carbonyl (C=O) groups is 3. The maximum Gasteiger partial charge on any atom is 0.387 e. The number of hydrogen-bond donors (Lipinski definition) is 1. The van der Waals surface area contributed by atoms with Crippen LogP contribution >= 0.6 is 0 Å². The highest BCUT2D eigenvalue weighted by Gasteiger charge is 2.51. The Labute approximate surface area is 206 Å². The van der Waals surface area contributed by atoms with Gasteiger partial charge < -0.3 is 24.8 Å². The smallest absolute Gasteiger partial charge is 0.387 e. The normalized spacial score (nSPS) is 21.4. The summed E-state index contributed by atoms with van der Waals surface area (Å²) in [7, 11) is 0. The molecular formula is C25H27F2N3O6. The van der Waals surface area contributed by atoms with Crippen LogP contribution in [0.2, 0.25) is 0 Å². The number of likely N-dealkylation sites (tertiary alicyclic amines) is 1. The molecule has 1 aliphatic carbocycles. The van der Waals surface area contributed by atoms with Crippen LogP contribution < -0.4 is 19.9 Å². The third-order valence-corrected chi connectivity index (χ3v) is 6.46. The van der Waals surface area contributed by atoms with Crippen LogP contribution in [0.25, 0.3) is 0 Å². The van der Waals surface area contributed by atoms with E-state index in [1.165, 1.54) is 36.1 Å². The number of halogens is 2. The quantitative estimate of drug-likeness (QED) is 0.522. The van der Waals surface area contributed by atoms with Crippen molar-refractivity contribution in [3.63, 3.8) is 0 Å². The molecule has 2 N–H and O–H groups in total. The summed E-state index contributed by atoms with van der Waals surface area (Å²) < 4.78 is 41.6. The molecule has 1 saturated carbocycles. The van der Waals surface area contributed by atoms with Crippen molar-refractivity contribution in [2.75, 3.05) is 13.2 Å². The van der Waals surface area contributed by atoms with E-state index < -0.39 is 24.0 Å². The van der Waals surface area contributed by atoms with Crippen molar-refractivity contribution in [2.24, 2.45) is 11.7 Å². The summed E-state index contributed by atoms with van der Waals surface area (Å²) in [5, 5.41) is 0. The lowest BCUT2D eigenvalue weighted by Gasteiger charge is -2.31. The molecule has 192 valence electrons. The molecule has 9 nitrogen and oxygen atoms in total. The van der Waals surface area contributed by atoms with Crippen LogP contribution in [0.3, 0.4) is 0 Å². The highest BCUT2D eigenvalue weighted by molar-refractivity contribution is 5.91. The van der Waals surface area contributed by atoms with Crippen molar-refractivity contribution < 1.29 is 37.4 Å². The number of carbonyl (C=O) groups excluding carboxylic acids is 3. The molecule has 2 aliphatic rings. The molecule has 1 aromatic carbocycles. The summed E-state index contributed by atoms with van der Waals surface area (Å²) >= 11 is 0. The van der Waals surface area contributed by atoms with Gasteiger partial charge in [0.05, 0.1) is 6.61 Å². The first-order valence-electron chi connectivity index (χ1n) is 11.6. The van der Waals surface area contributed by atoms with Crippen molar-refractivity contribution in [3.05, 3.63) is 47.7 Å². The summed E-state index contributed by atoms with van der Waals surface area (Å²) in [6.45, 7) is 0.539. The van der Waals surface area contributed by atoms with Crippen LogP contribution in [0, 0.1) is 5.92 Å². The second-order valence-electron chi connectivity index (χ2n) is 9.26. The fourth-order valence-electron chi connectivity index (χ4n) is 4.36. The summed E-state index contributed by atoms with van der Waals surface area (Å²) in [6, 6.07) is 8.93. The molecule has 2 fully saturated rings. The van der Waals surface area contributed by atoms with Gasteiger partial charge in [-0.3, -0.25) is 9.59 Å². The predicted octanol–water partition coefficient (Wildman–Crippen LogP) is 3.27. The lowest BCUT2D eigenvalue weighted by molar-refractivity contribution is -0.152. The van der Waals surface area contributed by atoms with Crippen LogP contribution in [-0.4, -0.2) is 53.0 Å². The molecule has 11 heteroatoms. The number of nitrogens with zero attached hydrogens (tertiary/aromatic N) is 2. The Balaban J connectivity index is 1.57. The topological polar surface area (TPSA) is 121 Å². The maximum absolute atomic E-state index is 13.2. The molecular weight excluding hydrogens is 476 g/mol. The van der Waals surface area contributed by atoms with Gasteiger partial charge in [0.25, 0.3) is 5.91 Å². The SMILES string of the molecule is CC(=O)N1CC(c2ccc(OC(F)F)c(OCC3CC3)c2)C[C@]1(C)C(=O)Oc1cccc(C(N)=O)n1. The van der Waals surface area contributed by atoms with E-state index in [2.05, 4.69) is 9.72 Å². The largest absolute Gasteiger partial charge is 0.489 e. The highest BCUT2D eigenvalue weighted by Crippen LogP contribution is 2.43. The van der Waals surface area contributed by atoms with Gasteiger partial charge in [-0.25, -0.2) is 9.78 Å². The second kappa shape index (κ2) is 10.1. The average Bonchev–Trinajstić information content (AvgIpc) is 3.58. The first-order chi connectivity index (χ1) is 17.1. The molecule has 1 unspecified atom stereocenters.